The van der Waals surface area contributed by atoms with E-state index in [1.807, 2.05) is 0 Å². The molecule has 0 spiro atoms. The first kappa shape index (κ1) is 53.1. The van der Waals surface area contributed by atoms with Crippen LogP contribution in [0.1, 0.15) is 201 Å². The maximum atomic E-state index is 13.1. The second-order valence-electron chi connectivity index (χ2n) is 16.3. The van der Waals surface area contributed by atoms with Crippen LogP contribution >= 0.6 is 0 Å². The minimum absolute atomic E-state index is 0.0697. The number of ether oxygens (including phenoxy) is 2. The summed E-state index contributed by atoms with van der Waals surface area (Å²) in [5.74, 6) is -0.495. The Morgan fingerprint density at radius 3 is 1.66 bits per heavy atom. The third-order valence-electron chi connectivity index (χ3n) is 11.2. The van der Waals surface area contributed by atoms with Gasteiger partial charge in [0, 0.05) is 20.1 Å². The van der Waals surface area contributed by atoms with Crippen LogP contribution in [0.4, 0.5) is 11.4 Å². The SMILES string of the molecule is CCCCC/C=C\C/C=C\CCCCCCCCN(CCCNc1c(NC)c(=O)c1=O)CCC(=O)OCCOC(=O)C(CCCCCCCC)CCCCCCCC. The maximum Gasteiger partial charge on any atom is 0.309 e. The van der Waals surface area contributed by atoms with Crippen molar-refractivity contribution in [1.29, 1.82) is 0 Å². The summed E-state index contributed by atoms with van der Waals surface area (Å²) in [4.78, 5) is 51.8. The fourth-order valence-electron chi connectivity index (χ4n) is 7.43. The highest BCUT2D eigenvalue weighted by Gasteiger charge is 2.21. The van der Waals surface area contributed by atoms with Gasteiger partial charge < -0.3 is 25.0 Å². The van der Waals surface area contributed by atoms with Crippen molar-refractivity contribution in [2.24, 2.45) is 5.92 Å². The van der Waals surface area contributed by atoms with E-state index in [1.54, 1.807) is 7.05 Å². The second-order valence-corrected chi connectivity index (χ2v) is 16.3. The zero-order valence-electron chi connectivity index (χ0n) is 37.8. The van der Waals surface area contributed by atoms with E-state index >= 15 is 0 Å². The van der Waals surface area contributed by atoms with Crippen molar-refractivity contribution in [3.63, 3.8) is 0 Å². The van der Waals surface area contributed by atoms with Crippen LogP contribution in [0.25, 0.3) is 0 Å². The molecular weight excluding hydrogens is 727 g/mol. The van der Waals surface area contributed by atoms with Gasteiger partial charge in [-0.25, -0.2) is 0 Å². The first-order chi connectivity index (χ1) is 28.4. The standard InChI is InChI=1S/C49H87N3O6/c1-5-8-11-14-17-18-19-20-21-22-23-24-25-26-29-32-38-52(39-33-37-51-46-45(50-4)47(54)48(46)55)40-36-44(53)57-41-42-58-49(56)43(34-30-27-15-12-9-6-2)35-31-28-16-13-10-7-3/h17-18,20-21,43,50-51H,5-16,19,22-42H2,1-4H3/b18-17-,21-20-. The average molecular weight is 814 g/mol. The summed E-state index contributed by atoms with van der Waals surface area (Å²) in [6.07, 6.45) is 40.9. The monoisotopic (exact) mass is 814 g/mol. The van der Waals surface area contributed by atoms with Gasteiger partial charge in [0.1, 0.15) is 24.6 Å². The molecule has 0 unspecified atom stereocenters. The first-order valence-corrected chi connectivity index (χ1v) is 24.0. The molecule has 1 rings (SSSR count). The van der Waals surface area contributed by atoms with Crippen molar-refractivity contribution in [3.05, 3.63) is 44.8 Å². The Kier molecular flexibility index (Phi) is 35.0. The molecule has 0 aliphatic carbocycles. The Balaban J connectivity index is 2.45. The molecule has 0 fully saturated rings. The van der Waals surface area contributed by atoms with Crippen LogP contribution in [0.15, 0.2) is 33.9 Å². The van der Waals surface area contributed by atoms with E-state index in [0.717, 1.165) is 83.7 Å². The molecule has 0 aliphatic rings. The van der Waals surface area contributed by atoms with E-state index < -0.39 is 10.9 Å². The van der Waals surface area contributed by atoms with Crippen LogP contribution in [0.5, 0.6) is 0 Å². The summed E-state index contributed by atoms with van der Waals surface area (Å²) in [5, 5.41) is 5.92. The lowest BCUT2D eigenvalue weighted by atomic mass is 9.94. The molecule has 0 radical (unpaired) electrons. The van der Waals surface area contributed by atoms with E-state index in [4.69, 9.17) is 9.47 Å². The molecule has 0 saturated heterocycles. The van der Waals surface area contributed by atoms with E-state index in [-0.39, 0.29) is 37.5 Å². The van der Waals surface area contributed by atoms with Crippen LogP contribution in [-0.4, -0.2) is 63.3 Å². The lowest BCUT2D eigenvalue weighted by molar-refractivity contribution is -0.155. The Morgan fingerprint density at radius 1 is 0.569 bits per heavy atom. The zero-order chi connectivity index (χ0) is 42.3. The molecule has 9 heteroatoms. The molecule has 1 aromatic rings. The lowest BCUT2D eigenvalue weighted by Gasteiger charge is -2.22. The number of nitrogens with one attached hydrogen (secondary N) is 2. The first-order valence-electron chi connectivity index (χ1n) is 24.0. The highest BCUT2D eigenvalue weighted by molar-refractivity contribution is 5.73. The summed E-state index contributed by atoms with van der Waals surface area (Å²) in [7, 11) is 1.64. The molecule has 0 bridgehead atoms. The molecule has 0 aliphatic heterocycles. The highest BCUT2D eigenvalue weighted by atomic mass is 16.6. The number of hydrogen-bond acceptors (Lipinski definition) is 9. The van der Waals surface area contributed by atoms with Gasteiger partial charge in [-0.3, -0.25) is 19.2 Å². The van der Waals surface area contributed by atoms with Gasteiger partial charge in [-0.15, -0.1) is 0 Å². The minimum Gasteiger partial charge on any atom is -0.462 e. The second kappa shape index (κ2) is 38.3. The van der Waals surface area contributed by atoms with Crippen molar-refractivity contribution in [1.82, 2.24) is 4.90 Å². The van der Waals surface area contributed by atoms with E-state index in [2.05, 4.69) is 60.6 Å². The van der Waals surface area contributed by atoms with Crippen LogP contribution in [0.2, 0.25) is 0 Å². The molecule has 2 N–H and O–H groups in total. The highest BCUT2D eigenvalue weighted by Crippen LogP contribution is 2.21. The Hall–Kier alpha value is -2.94. The van der Waals surface area contributed by atoms with Crippen molar-refractivity contribution < 1.29 is 19.1 Å². The summed E-state index contributed by atoms with van der Waals surface area (Å²) in [6.45, 7) is 9.68. The molecule has 334 valence electrons. The van der Waals surface area contributed by atoms with Gasteiger partial charge >= 0.3 is 11.9 Å². The lowest BCUT2D eigenvalue weighted by Crippen LogP contribution is -2.37. The number of allylic oxidation sites excluding steroid dienone is 4. The van der Waals surface area contributed by atoms with Crippen molar-refractivity contribution in [2.75, 3.05) is 57.1 Å². The molecule has 0 amide bonds. The predicted molar refractivity (Wildman–Crippen MR) is 246 cm³/mol. The third kappa shape index (κ3) is 27.7. The fraction of sp³-hybridized carbons (Fsp3) is 0.796. The summed E-state index contributed by atoms with van der Waals surface area (Å²) < 4.78 is 11.2. The Morgan fingerprint density at radius 2 is 1.05 bits per heavy atom. The quantitative estimate of drug-likeness (QED) is 0.0288. The number of hydrogen-bond donors (Lipinski definition) is 2. The largest absolute Gasteiger partial charge is 0.462 e. The van der Waals surface area contributed by atoms with Crippen molar-refractivity contribution in [3.8, 4) is 0 Å². The number of carbonyl (C=O) groups excluding carboxylic acids is 2. The molecule has 0 aromatic heterocycles. The molecule has 0 heterocycles. The Labute approximate surface area is 354 Å². The van der Waals surface area contributed by atoms with E-state index in [9.17, 15) is 19.2 Å². The Bertz CT molecular complexity index is 1250. The van der Waals surface area contributed by atoms with E-state index in [0.29, 0.717) is 24.5 Å². The number of rotatable bonds is 42. The van der Waals surface area contributed by atoms with Crippen LogP contribution in [0.3, 0.4) is 0 Å². The topological polar surface area (TPSA) is 114 Å². The number of anilines is 2. The zero-order valence-corrected chi connectivity index (χ0v) is 37.8. The average Bonchev–Trinajstić information content (AvgIpc) is 3.23. The molecule has 58 heavy (non-hydrogen) atoms. The van der Waals surface area contributed by atoms with Gasteiger partial charge in [-0.05, 0) is 70.9 Å². The number of unbranched alkanes of at least 4 members (excludes halogenated alkanes) is 19. The molecule has 9 nitrogen and oxygen atoms in total. The molecule has 0 saturated carbocycles. The van der Waals surface area contributed by atoms with Crippen molar-refractivity contribution >= 4 is 23.3 Å². The molecule has 0 atom stereocenters. The smallest absolute Gasteiger partial charge is 0.309 e. The van der Waals surface area contributed by atoms with Gasteiger partial charge in [0.25, 0.3) is 10.9 Å². The summed E-state index contributed by atoms with van der Waals surface area (Å²) >= 11 is 0. The minimum atomic E-state index is -0.474. The number of esters is 2. The van der Waals surface area contributed by atoms with Crippen LogP contribution < -0.4 is 21.5 Å². The number of nitrogens with zero attached hydrogens (tertiary/aromatic N) is 1. The van der Waals surface area contributed by atoms with Gasteiger partial charge in [-0.2, -0.15) is 0 Å². The van der Waals surface area contributed by atoms with Gasteiger partial charge in [0.05, 0.1) is 12.3 Å². The van der Waals surface area contributed by atoms with Crippen LogP contribution in [-0.2, 0) is 19.1 Å². The van der Waals surface area contributed by atoms with E-state index in [1.165, 1.54) is 103 Å². The number of carbonyl (C=O) groups is 2. The molecule has 1 aromatic carbocycles. The predicted octanol–water partition coefficient (Wildman–Crippen LogP) is 11.8. The van der Waals surface area contributed by atoms with Crippen molar-refractivity contribution in [2.45, 2.75) is 201 Å². The van der Waals surface area contributed by atoms with Gasteiger partial charge in [0.2, 0.25) is 0 Å². The van der Waals surface area contributed by atoms with Gasteiger partial charge in [-0.1, -0.05) is 161 Å². The fourth-order valence-corrected chi connectivity index (χ4v) is 7.43. The maximum absolute atomic E-state index is 13.1. The molecular formula is C49H87N3O6. The summed E-state index contributed by atoms with van der Waals surface area (Å²) in [5.41, 5.74) is -0.229. The normalized spacial score (nSPS) is 11.8. The van der Waals surface area contributed by atoms with Gasteiger partial charge in [0.15, 0.2) is 0 Å². The third-order valence-corrected chi connectivity index (χ3v) is 11.2. The van der Waals surface area contributed by atoms with Crippen LogP contribution in [0, 0.1) is 5.92 Å². The summed E-state index contributed by atoms with van der Waals surface area (Å²) in [6, 6.07) is 0.